The molecule has 1 aromatic rings. The molecule has 14 heavy (non-hydrogen) atoms. The van der Waals surface area contributed by atoms with Crippen molar-refractivity contribution in [2.24, 2.45) is 5.92 Å². The molecule has 0 amide bonds. The number of anilines is 1. The minimum Gasteiger partial charge on any atom is -0.367 e. The molecule has 0 saturated heterocycles. The van der Waals surface area contributed by atoms with Crippen molar-refractivity contribution < 1.29 is 0 Å². The van der Waals surface area contributed by atoms with Gasteiger partial charge in [0, 0.05) is 12.2 Å². The summed E-state index contributed by atoms with van der Waals surface area (Å²) in [5.41, 5.74) is 0. The Morgan fingerprint density at radius 3 is 3.00 bits per heavy atom. The third-order valence-electron chi connectivity index (χ3n) is 2.82. The first-order valence-corrected chi connectivity index (χ1v) is 5.38. The van der Waals surface area contributed by atoms with E-state index in [9.17, 15) is 0 Å². The number of aromatic nitrogens is 2. The average molecular weight is 212 g/mol. The molecule has 1 saturated carbocycles. The Bertz CT molecular complexity index is 316. The van der Waals surface area contributed by atoms with Crippen molar-refractivity contribution >= 4 is 17.4 Å². The summed E-state index contributed by atoms with van der Waals surface area (Å²) in [7, 11) is 0. The molecule has 0 bridgehead atoms. The minimum atomic E-state index is 0.306. The molecule has 1 aliphatic carbocycles. The smallest absolute Gasteiger partial charge is 0.224 e. The summed E-state index contributed by atoms with van der Waals surface area (Å²) >= 11 is 5.70. The van der Waals surface area contributed by atoms with E-state index in [0.29, 0.717) is 11.3 Å². The second-order valence-corrected chi connectivity index (χ2v) is 4.21. The standard InChI is InChI=1S/C10H14ClN3/c1-7-3-2-4-8(7)13-9-5-6-12-10(11)14-9/h5-8H,2-4H2,1H3,(H,12,13,14). The van der Waals surface area contributed by atoms with E-state index in [1.807, 2.05) is 6.07 Å². The zero-order valence-electron chi connectivity index (χ0n) is 8.20. The number of hydrogen-bond acceptors (Lipinski definition) is 3. The summed E-state index contributed by atoms with van der Waals surface area (Å²) in [5.74, 6) is 1.56. The molecule has 1 N–H and O–H groups in total. The van der Waals surface area contributed by atoms with Gasteiger partial charge in [0.15, 0.2) is 0 Å². The molecule has 0 aliphatic heterocycles. The summed E-state index contributed by atoms with van der Waals surface area (Å²) < 4.78 is 0. The summed E-state index contributed by atoms with van der Waals surface area (Å²) in [6.45, 7) is 2.27. The Kier molecular flexibility index (Phi) is 2.87. The third-order valence-corrected chi connectivity index (χ3v) is 3.00. The Balaban J connectivity index is 2.03. The fourth-order valence-corrected chi connectivity index (χ4v) is 2.11. The predicted molar refractivity (Wildman–Crippen MR) is 57.5 cm³/mol. The van der Waals surface area contributed by atoms with Crippen LogP contribution >= 0.6 is 11.6 Å². The van der Waals surface area contributed by atoms with Gasteiger partial charge in [-0.05, 0) is 36.4 Å². The molecule has 2 unspecified atom stereocenters. The SMILES string of the molecule is CC1CCCC1Nc1ccnc(Cl)n1. The molecule has 1 aliphatic rings. The second-order valence-electron chi connectivity index (χ2n) is 3.87. The van der Waals surface area contributed by atoms with Crippen molar-refractivity contribution in [2.45, 2.75) is 32.2 Å². The van der Waals surface area contributed by atoms with E-state index in [1.54, 1.807) is 6.20 Å². The van der Waals surface area contributed by atoms with Crippen molar-refractivity contribution in [3.63, 3.8) is 0 Å². The lowest BCUT2D eigenvalue weighted by Crippen LogP contribution is -2.22. The van der Waals surface area contributed by atoms with Crippen molar-refractivity contribution in [3.8, 4) is 0 Å². The number of nitrogens with zero attached hydrogens (tertiary/aromatic N) is 2. The van der Waals surface area contributed by atoms with Crippen LogP contribution in [0.2, 0.25) is 5.28 Å². The van der Waals surface area contributed by atoms with Gasteiger partial charge >= 0.3 is 0 Å². The van der Waals surface area contributed by atoms with Gasteiger partial charge < -0.3 is 5.32 Å². The first-order valence-electron chi connectivity index (χ1n) is 5.01. The van der Waals surface area contributed by atoms with Crippen LogP contribution in [0.1, 0.15) is 26.2 Å². The predicted octanol–water partition coefficient (Wildman–Crippen LogP) is 2.73. The van der Waals surface area contributed by atoms with Gasteiger partial charge in [0.05, 0.1) is 0 Å². The summed E-state index contributed by atoms with van der Waals surface area (Å²) in [4.78, 5) is 7.96. The first-order chi connectivity index (χ1) is 6.75. The van der Waals surface area contributed by atoms with Crippen molar-refractivity contribution in [2.75, 3.05) is 5.32 Å². The molecule has 76 valence electrons. The van der Waals surface area contributed by atoms with Crippen LogP contribution in [0.25, 0.3) is 0 Å². The van der Waals surface area contributed by atoms with Crippen LogP contribution < -0.4 is 5.32 Å². The Morgan fingerprint density at radius 2 is 2.36 bits per heavy atom. The number of rotatable bonds is 2. The first kappa shape index (κ1) is 9.71. The Hall–Kier alpha value is -0.830. The lowest BCUT2D eigenvalue weighted by Gasteiger charge is -2.17. The molecule has 3 nitrogen and oxygen atoms in total. The molecule has 1 fully saturated rings. The molecule has 2 rings (SSSR count). The van der Waals surface area contributed by atoms with Gasteiger partial charge in [-0.15, -0.1) is 0 Å². The topological polar surface area (TPSA) is 37.8 Å². The number of hydrogen-bond donors (Lipinski definition) is 1. The quantitative estimate of drug-likeness (QED) is 0.765. The highest BCUT2D eigenvalue weighted by atomic mass is 35.5. The van der Waals surface area contributed by atoms with Gasteiger partial charge in [0.1, 0.15) is 5.82 Å². The maximum absolute atomic E-state index is 5.70. The molecule has 4 heteroatoms. The monoisotopic (exact) mass is 211 g/mol. The number of halogens is 1. The zero-order valence-corrected chi connectivity index (χ0v) is 8.96. The van der Waals surface area contributed by atoms with Gasteiger partial charge in [-0.2, -0.15) is 0 Å². The van der Waals surface area contributed by atoms with E-state index < -0.39 is 0 Å². The normalized spacial score (nSPS) is 26.4. The summed E-state index contributed by atoms with van der Waals surface area (Å²) in [6, 6.07) is 2.40. The molecule has 2 atom stereocenters. The van der Waals surface area contributed by atoms with Crippen LogP contribution in [-0.4, -0.2) is 16.0 Å². The van der Waals surface area contributed by atoms with Gasteiger partial charge in [0.2, 0.25) is 5.28 Å². The van der Waals surface area contributed by atoms with Crippen molar-refractivity contribution in [1.29, 1.82) is 0 Å². The minimum absolute atomic E-state index is 0.306. The van der Waals surface area contributed by atoms with Crippen LogP contribution in [0.4, 0.5) is 5.82 Å². The molecule has 1 heterocycles. The fraction of sp³-hybridized carbons (Fsp3) is 0.600. The van der Waals surface area contributed by atoms with E-state index in [2.05, 4.69) is 22.2 Å². The molecule has 0 spiro atoms. The molecule has 1 aromatic heterocycles. The lowest BCUT2D eigenvalue weighted by molar-refractivity contribution is 0.555. The number of nitrogens with one attached hydrogen (secondary N) is 1. The molecule has 0 aromatic carbocycles. The summed E-state index contributed by atoms with van der Waals surface area (Å²) in [6.07, 6.45) is 5.51. The Labute approximate surface area is 88.9 Å². The Morgan fingerprint density at radius 1 is 1.50 bits per heavy atom. The fourth-order valence-electron chi connectivity index (χ4n) is 1.97. The van der Waals surface area contributed by atoms with Crippen LogP contribution in [0.5, 0.6) is 0 Å². The molecular formula is C10H14ClN3. The van der Waals surface area contributed by atoms with E-state index in [4.69, 9.17) is 11.6 Å². The lowest BCUT2D eigenvalue weighted by atomic mass is 10.1. The van der Waals surface area contributed by atoms with Gasteiger partial charge in [-0.1, -0.05) is 13.3 Å². The van der Waals surface area contributed by atoms with Gasteiger partial charge in [-0.3, -0.25) is 0 Å². The van der Waals surface area contributed by atoms with E-state index in [0.717, 1.165) is 11.7 Å². The van der Waals surface area contributed by atoms with Crippen LogP contribution in [-0.2, 0) is 0 Å². The highest BCUT2D eigenvalue weighted by Crippen LogP contribution is 2.27. The second kappa shape index (κ2) is 4.13. The zero-order chi connectivity index (χ0) is 9.97. The largest absolute Gasteiger partial charge is 0.367 e. The van der Waals surface area contributed by atoms with E-state index in [1.165, 1.54) is 19.3 Å². The van der Waals surface area contributed by atoms with Gasteiger partial charge in [0.25, 0.3) is 0 Å². The third kappa shape index (κ3) is 2.15. The average Bonchev–Trinajstić information content (AvgIpc) is 2.52. The van der Waals surface area contributed by atoms with Crippen LogP contribution in [0.15, 0.2) is 12.3 Å². The van der Waals surface area contributed by atoms with Crippen molar-refractivity contribution in [1.82, 2.24) is 9.97 Å². The molecule has 0 radical (unpaired) electrons. The van der Waals surface area contributed by atoms with E-state index in [-0.39, 0.29) is 0 Å². The van der Waals surface area contributed by atoms with Crippen molar-refractivity contribution in [3.05, 3.63) is 17.5 Å². The van der Waals surface area contributed by atoms with E-state index >= 15 is 0 Å². The van der Waals surface area contributed by atoms with Crippen LogP contribution in [0.3, 0.4) is 0 Å². The highest BCUT2D eigenvalue weighted by Gasteiger charge is 2.23. The maximum atomic E-state index is 5.70. The maximum Gasteiger partial charge on any atom is 0.224 e. The van der Waals surface area contributed by atoms with Crippen LogP contribution in [0, 0.1) is 5.92 Å². The highest BCUT2D eigenvalue weighted by molar-refractivity contribution is 6.28. The molecular weight excluding hydrogens is 198 g/mol. The van der Waals surface area contributed by atoms with Gasteiger partial charge in [-0.25, -0.2) is 9.97 Å². The summed E-state index contributed by atoms with van der Waals surface area (Å²) in [5, 5.41) is 3.70.